The summed E-state index contributed by atoms with van der Waals surface area (Å²) >= 11 is 0. The van der Waals surface area contributed by atoms with Gasteiger partial charge in [-0.2, -0.15) is 0 Å². The monoisotopic (exact) mass is 452 g/mol. The minimum atomic E-state index is -1.39. The Kier molecular flexibility index (Phi) is 7.32. The van der Waals surface area contributed by atoms with E-state index < -0.39 is 37.1 Å². The summed E-state index contributed by atoms with van der Waals surface area (Å²) in [5.74, 6) is -0.236. The van der Waals surface area contributed by atoms with E-state index in [4.69, 9.17) is 9.72 Å². The Morgan fingerprint density at radius 3 is 2.39 bits per heavy atom. The molecule has 0 unspecified atom stereocenters. The SMILES string of the molecule is O=C(NCCC[C@H]1O[C@H](CO)[C@@H](O)[C@H](O)[C@@H]1O)c1cc(-c2ccccc2)nc2ccccc12. The third-order valence-corrected chi connectivity index (χ3v) is 5.97. The number of ether oxygens (including phenoxy) is 1. The Bertz CT molecular complexity index is 1090. The van der Waals surface area contributed by atoms with E-state index >= 15 is 0 Å². The molecule has 8 nitrogen and oxygen atoms in total. The number of pyridine rings is 1. The van der Waals surface area contributed by atoms with Crippen LogP contribution in [-0.4, -0.2) is 75.0 Å². The molecule has 2 aromatic carbocycles. The zero-order valence-electron chi connectivity index (χ0n) is 18.0. The van der Waals surface area contributed by atoms with Crippen LogP contribution in [0.1, 0.15) is 23.2 Å². The fourth-order valence-electron chi connectivity index (χ4n) is 4.14. The van der Waals surface area contributed by atoms with E-state index in [-0.39, 0.29) is 5.91 Å². The van der Waals surface area contributed by atoms with Crippen LogP contribution < -0.4 is 5.32 Å². The maximum Gasteiger partial charge on any atom is 0.252 e. The Balaban J connectivity index is 1.43. The van der Waals surface area contributed by atoms with Crippen molar-refractivity contribution in [2.24, 2.45) is 0 Å². The lowest BCUT2D eigenvalue weighted by atomic mass is 9.93. The lowest BCUT2D eigenvalue weighted by Gasteiger charge is -2.40. The molecule has 3 aromatic rings. The number of hydrogen-bond donors (Lipinski definition) is 5. The molecular formula is C25H28N2O6. The van der Waals surface area contributed by atoms with Crippen molar-refractivity contribution in [3.8, 4) is 11.3 Å². The maximum atomic E-state index is 13.0. The number of hydrogen-bond acceptors (Lipinski definition) is 7. The molecule has 1 aliphatic rings. The Morgan fingerprint density at radius 2 is 1.64 bits per heavy atom. The number of para-hydroxylation sites is 1. The molecule has 0 aliphatic carbocycles. The number of benzene rings is 2. The van der Waals surface area contributed by atoms with Gasteiger partial charge in [-0.15, -0.1) is 0 Å². The van der Waals surface area contributed by atoms with E-state index in [1.165, 1.54) is 0 Å². The van der Waals surface area contributed by atoms with Crippen molar-refractivity contribution in [2.75, 3.05) is 13.2 Å². The summed E-state index contributed by atoms with van der Waals surface area (Å²) in [6.45, 7) is -0.137. The molecular weight excluding hydrogens is 424 g/mol. The number of rotatable bonds is 7. The molecule has 1 aromatic heterocycles. The summed E-state index contributed by atoms with van der Waals surface area (Å²) in [6.07, 6.45) is -4.89. The average molecular weight is 453 g/mol. The highest BCUT2D eigenvalue weighted by Gasteiger charge is 2.42. The van der Waals surface area contributed by atoms with Gasteiger partial charge in [0.05, 0.1) is 29.5 Å². The molecule has 5 N–H and O–H groups in total. The number of aliphatic hydroxyl groups is 4. The molecule has 1 aliphatic heterocycles. The molecule has 1 saturated heterocycles. The molecule has 33 heavy (non-hydrogen) atoms. The maximum absolute atomic E-state index is 13.0. The van der Waals surface area contributed by atoms with Crippen LogP contribution in [0.4, 0.5) is 0 Å². The van der Waals surface area contributed by atoms with Crippen molar-refractivity contribution < 1.29 is 30.0 Å². The predicted octanol–water partition coefficient (Wildman–Crippen LogP) is 1.25. The van der Waals surface area contributed by atoms with Crippen molar-refractivity contribution in [3.05, 3.63) is 66.2 Å². The predicted molar refractivity (Wildman–Crippen MR) is 123 cm³/mol. The fourth-order valence-corrected chi connectivity index (χ4v) is 4.14. The highest BCUT2D eigenvalue weighted by molar-refractivity contribution is 6.07. The summed E-state index contributed by atoms with van der Waals surface area (Å²) in [5, 5.41) is 42.9. The summed E-state index contributed by atoms with van der Waals surface area (Å²) in [4.78, 5) is 17.7. The lowest BCUT2D eigenvalue weighted by molar-refractivity contribution is -0.230. The summed E-state index contributed by atoms with van der Waals surface area (Å²) in [6, 6.07) is 18.9. The van der Waals surface area contributed by atoms with Crippen LogP contribution in [0.3, 0.4) is 0 Å². The van der Waals surface area contributed by atoms with Crippen LogP contribution in [-0.2, 0) is 4.74 Å². The second-order valence-electron chi connectivity index (χ2n) is 8.20. The van der Waals surface area contributed by atoms with Gasteiger partial charge in [-0.3, -0.25) is 4.79 Å². The smallest absolute Gasteiger partial charge is 0.252 e. The third-order valence-electron chi connectivity index (χ3n) is 5.97. The standard InChI is InChI=1S/C25H28N2O6/c28-14-21-23(30)24(31)22(29)20(33-21)11-6-12-26-25(32)17-13-19(15-7-2-1-3-8-15)27-18-10-5-4-9-16(17)18/h1-5,7-10,13,20-24,28-31H,6,11-12,14H2,(H,26,32)/t20-,21-,22-,23-,24-/m1/s1. The first-order chi connectivity index (χ1) is 16.0. The lowest BCUT2D eigenvalue weighted by Crippen LogP contribution is -2.58. The minimum Gasteiger partial charge on any atom is -0.394 e. The molecule has 174 valence electrons. The van der Waals surface area contributed by atoms with Crippen LogP contribution in [0.15, 0.2) is 60.7 Å². The zero-order chi connectivity index (χ0) is 23.4. The first-order valence-corrected chi connectivity index (χ1v) is 11.0. The van der Waals surface area contributed by atoms with Crippen molar-refractivity contribution in [2.45, 2.75) is 43.4 Å². The number of amides is 1. The molecule has 5 atom stereocenters. The number of nitrogens with zero attached hydrogens (tertiary/aromatic N) is 1. The summed E-state index contributed by atoms with van der Waals surface area (Å²) < 4.78 is 5.51. The molecule has 0 spiro atoms. The Hall–Kier alpha value is -2.88. The van der Waals surface area contributed by atoms with Gasteiger partial charge in [0, 0.05) is 17.5 Å². The number of nitrogens with one attached hydrogen (secondary N) is 1. The molecule has 1 amide bonds. The molecule has 0 bridgehead atoms. The molecule has 0 radical (unpaired) electrons. The van der Waals surface area contributed by atoms with E-state index in [9.17, 15) is 25.2 Å². The van der Waals surface area contributed by atoms with E-state index in [1.54, 1.807) is 6.07 Å². The van der Waals surface area contributed by atoms with Crippen LogP contribution in [0, 0.1) is 0 Å². The zero-order valence-corrected chi connectivity index (χ0v) is 18.0. The van der Waals surface area contributed by atoms with Crippen molar-refractivity contribution in [3.63, 3.8) is 0 Å². The van der Waals surface area contributed by atoms with Gasteiger partial charge in [0.15, 0.2) is 0 Å². The van der Waals surface area contributed by atoms with Crippen molar-refractivity contribution in [1.82, 2.24) is 10.3 Å². The van der Waals surface area contributed by atoms with Gasteiger partial charge < -0.3 is 30.5 Å². The van der Waals surface area contributed by atoms with Gasteiger partial charge in [0.25, 0.3) is 5.91 Å². The minimum absolute atomic E-state index is 0.236. The number of fused-ring (bicyclic) bond motifs is 1. The van der Waals surface area contributed by atoms with Gasteiger partial charge in [-0.1, -0.05) is 48.5 Å². The van der Waals surface area contributed by atoms with E-state index in [2.05, 4.69) is 5.32 Å². The summed E-state index contributed by atoms with van der Waals surface area (Å²) in [5.41, 5.74) is 2.87. The van der Waals surface area contributed by atoms with Crippen molar-refractivity contribution >= 4 is 16.8 Å². The van der Waals surface area contributed by atoms with Crippen LogP contribution >= 0.6 is 0 Å². The largest absolute Gasteiger partial charge is 0.394 e. The quantitative estimate of drug-likeness (QED) is 0.341. The summed E-state index contributed by atoms with van der Waals surface area (Å²) in [7, 11) is 0. The molecule has 0 saturated carbocycles. The number of aliphatic hydroxyl groups excluding tert-OH is 4. The van der Waals surface area contributed by atoms with E-state index in [0.29, 0.717) is 30.6 Å². The van der Waals surface area contributed by atoms with Crippen LogP contribution in [0.25, 0.3) is 22.2 Å². The topological polar surface area (TPSA) is 132 Å². The van der Waals surface area contributed by atoms with Crippen LogP contribution in [0.2, 0.25) is 0 Å². The Morgan fingerprint density at radius 1 is 0.939 bits per heavy atom. The second-order valence-corrected chi connectivity index (χ2v) is 8.20. The number of aromatic nitrogens is 1. The van der Waals surface area contributed by atoms with E-state index in [0.717, 1.165) is 16.5 Å². The number of carbonyl (C=O) groups is 1. The highest BCUT2D eigenvalue weighted by Crippen LogP contribution is 2.26. The van der Waals surface area contributed by atoms with E-state index in [1.807, 2.05) is 54.6 Å². The fraction of sp³-hybridized carbons (Fsp3) is 0.360. The first-order valence-electron chi connectivity index (χ1n) is 11.0. The van der Waals surface area contributed by atoms with Gasteiger partial charge in [-0.25, -0.2) is 4.98 Å². The van der Waals surface area contributed by atoms with Gasteiger partial charge in [0.1, 0.15) is 24.4 Å². The normalized spacial score (nSPS) is 25.2. The molecule has 2 heterocycles. The van der Waals surface area contributed by atoms with Gasteiger partial charge in [-0.05, 0) is 25.0 Å². The van der Waals surface area contributed by atoms with Crippen LogP contribution in [0.5, 0.6) is 0 Å². The average Bonchev–Trinajstić information content (AvgIpc) is 2.86. The van der Waals surface area contributed by atoms with Crippen molar-refractivity contribution in [1.29, 1.82) is 0 Å². The number of carbonyl (C=O) groups excluding carboxylic acids is 1. The highest BCUT2D eigenvalue weighted by atomic mass is 16.5. The molecule has 1 fully saturated rings. The third kappa shape index (κ3) is 5.05. The first kappa shape index (κ1) is 23.3. The molecule has 4 rings (SSSR count). The van der Waals surface area contributed by atoms with Gasteiger partial charge in [0.2, 0.25) is 0 Å². The van der Waals surface area contributed by atoms with Gasteiger partial charge >= 0.3 is 0 Å². The molecule has 8 heteroatoms. The Labute approximate surface area is 191 Å². The second kappa shape index (κ2) is 10.4.